The first-order valence-electron chi connectivity index (χ1n) is 16.3. The van der Waals surface area contributed by atoms with Crippen molar-refractivity contribution in [3.8, 4) is 23.0 Å². The molecule has 0 bridgehead atoms. The first-order valence-corrected chi connectivity index (χ1v) is 16.3. The summed E-state index contributed by atoms with van der Waals surface area (Å²) in [6.45, 7) is 0.578. The minimum Gasteiger partial charge on any atom is -0.497 e. The van der Waals surface area contributed by atoms with Gasteiger partial charge in [0.2, 0.25) is 6.29 Å². The van der Waals surface area contributed by atoms with Gasteiger partial charge in [-0.3, -0.25) is 0 Å². The molecule has 2 heterocycles. The van der Waals surface area contributed by atoms with E-state index in [1.54, 1.807) is 37.4 Å². The van der Waals surface area contributed by atoms with Crippen LogP contribution in [-0.2, 0) is 34.9 Å². The minimum absolute atomic E-state index is 0.0206. The second kappa shape index (κ2) is 15.0. The molecule has 1 saturated heterocycles. The van der Waals surface area contributed by atoms with Crippen LogP contribution in [0.15, 0.2) is 66.7 Å². The Balaban J connectivity index is 1.45. The van der Waals surface area contributed by atoms with Crippen molar-refractivity contribution in [3.63, 3.8) is 0 Å². The Morgan fingerprint density at radius 3 is 2.32 bits per heavy atom. The molecule has 1 unspecified atom stereocenters. The maximum atomic E-state index is 13.1. The Labute approximate surface area is 290 Å². The molecular weight excluding hydrogens is 654 g/mol. The van der Waals surface area contributed by atoms with Crippen molar-refractivity contribution in [2.75, 3.05) is 54.8 Å². The lowest BCUT2D eigenvalue weighted by Crippen LogP contribution is -2.52. The van der Waals surface area contributed by atoms with E-state index in [9.17, 15) is 20.4 Å². The number of nitrogens with two attached hydrogens (primary N) is 1. The van der Waals surface area contributed by atoms with Crippen LogP contribution >= 0.6 is 0 Å². The van der Waals surface area contributed by atoms with E-state index in [0.717, 1.165) is 0 Å². The van der Waals surface area contributed by atoms with Gasteiger partial charge in [-0.15, -0.1) is 0 Å². The van der Waals surface area contributed by atoms with Gasteiger partial charge < -0.3 is 68.8 Å². The van der Waals surface area contributed by atoms with E-state index in [4.69, 9.17) is 48.4 Å². The number of hydrogen-bond donors (Lipinski definition) is 5. The molecule has 3 aromatic rings. The van der Waals surface area contributed by atoms with E-state index in [0.29, 0.717) is 23.4 Å². The standard InChI is InChI=1S/C36H45NO13/c1-42-22-12-10-21(11-13-22)36-29(20-8-6-5-7-9-20)28(32(40)44-3)31(39)35(36,41)30-25(43-2)16-23(17-26(30)50-36)48-34-33(45-4)47-19-27(49-34)24(38)18-46-15-14-37/h5-13,16-17,24,27-29,31-34,38-41H,14-15,18-19,37H2,1-4H3/t24-,27-,28-,29-,31-,32?,33-,34-,35+,36+/m1/s1. The van der Waals surface area contributed by atoms with Crippen LogP contribution in [0.5, 0.6) is 23.0 Å². The third kappa shape index (κ3) is 5.98. The number of ether oxygens (including phenoxy) is 9. The Morgan fingerprint density at radius 1 is 0.940 bits per heavy atom. The lowest BCUT2D eigenvalue weighted by molar-refractivity contribution is -0.324. The zero-order valence-electron chi connectivity index (χ0n) is 28.3. The molecule has 14 heteroatoms. The molecule has 6 N–H and O–H groups in total. The van der Waals surface area contributed by atoms with Crippen LogP contribution in [0.3, 0.4) is 0 Å². The molecule has 272 valence electrons. The quantitative estimate of drug-likeness (QED) is 0.120. The fraction of sp³-hybridized carbons (Fsp3) is 0.500. The smallest absolute Gasteiger partial charge is 0.251 e. The molecule has 3 aliphatic rings. The van der Waals surface area contributed by atoms with Gasteiger partial charge in [0.1, 0.15) is 35.2 Å². The SMILES string of the molecule is COc1ccc([C@@]23Oc4cc(O[C@@H]5O[C@@H]([C@H](O)COCCN)CO[C@H]5OC)cc(OC)c4[C@]2(O)[C@H](O)[C@H](C(O)OC)[C@H]3c2ccccc2)cc1. The molecule has 2 fully saturated rings. The predicted molar refractivity (Wildman–Crippen MR) is 176 cm³/mol. The van der Waals surface area contributed by atoms with Crippen LogP contribution in [0, 0.1) is 5.92 Å². The number of methoxy groups -OCH3 is 4. The van der Waals surface area contributed by atoms with Crippen LogP contribution < -0.4 is 24.7 Å². The summed E-state index contributed by atoms with van der Waals surface area (Å²) in [7, 11) is 5.73. The molecule has 0 amide bonds. The number of hydrogen-bond acceptors (Lipinski definition) is 14. The summed E-state index contributed by atoms with van der Waals surface area (Å²) in [6, 6.07) is 19.2. The average molecular weight is 700 g/mol. The second-order valence-electron chi connectivity index (χ2n) is 12.4. The number of rotatable bonds is 14. The van der Waals surface area contributed by atoms with Gasteiger partial charge in [0.25, 0.3) is 6.29 Å². The van der Waals surface area contributed by atoms with Gasteiger partial charge in [-0.2, -0.15) is 0 Å². The number of fused-ring (bicyclic) bond motifs is 3. The van der Waals surface area contributed by atoms with E-state index in [2.05, 4.69) is 0 Å². The lowest BCUT2D eigenvalue weighted by Gasteiger charge is -2.41. The molecule has 3 aromatic carbocycles. The maximum Gasteiger partial charge on any atom is 0.251 e. The number of aliphatic hydroxyl groups excluding tert-OH is 3. The Bertz CT molecular complexity index is 1580. The van der Waals surface area contributed by atoms with Gasteiger partial charge in [-0.1, -0.05) is 42.5 Å². The molecule has 6 rings (SSSR count). The van der Waals surface area contributed by atoms with Crippen molar-refractivity contribution in [2.24, 2.45) is 11.7 Å². The first kappa shape index (κ1) is 36.3. The summed E-state index contributed by atoms with van der Waals surface area (Å²) in [5, 5.41) is 47.3. The van der Waals surface area contributed by atoms with E-state index >= 15 is 0 Å². The lowest BCUT2D eigenvalue weighted by atomic mass is 9.70. The summed E-state index contributed by atoms with van der Waals surface area (Å²) < 4.78 is 52.5. The molecular formula is C36H45NO13. The van der Waals surface area contributed by atoms with Crippen molar-refractivity contribution in [3.05, 3.63) is 83.4 Å². The monoisotopic (exact) mass is 699 g/mol. The Kier molecular flexibility index (Phi) is 10.9. The Hall–Kier alpha value is -3.54. The molecule has 0 spiro atoms. The predicted octanol–water partition coefficient (Wildman–Crippen LogP) is 1.35. The van der Waals surface area contributed by atoms with E-state index < -0.39 is 60.2 Å². The molecule has 0 aromatic heterocycles. The van der Waals surface area contributed by atoms with Crippen molar-refractivity contribution in [2.45, 2.75) is 54.3 Å². The third-order valence-electron chi connectivity index (χ3n) is 9.76. The molecule has 50 heavy (non-hydrogen) atoms. The van der Waals surface area contributed by atoms with Crippen LogP contribution in [0.25, 0.3) is 0 Å². The second-order valence-corrected chi connectivity index (χ2v) is 12.4. The molecule has 0 radical (unpaired) electrons. The molecule has 1 aliphatic carbocycles. The van der Waals surface area contributed by atoms with Gasteiger partial charge in [0.15, 0.2) is 17.5 Å². The summed E-state index contributed by atoms with van der Waals surface area (Å²) >= 11 is 0. The largest absolute Gasteiger partial charge is 0.497 e. The highest BCUT2D eigenvalue weighted by atomic mass is 16.8. The highest BCUT2D eigenvalue weighted by molar-refractivity contribution is 5.63. The Morgan fingerprint density at radius 2 is 1.68 bits per heavy atom. The normalized spacial score (nSPS) is 31.3. The molecule has 14 nitrogen and oxygen atoms in total. The van der Waals surface area contributed by atoms with Gasteiger partial charge in [0, 0.05) is 38.8 Å². The molecule has 10 atom stereocenters. The third-order valence-corrected chi connectivity index (χ3v) is 9.76. The van der Waals surface area contributed by atoms with Gasteiger partial charge >= 0.3 is 0 Å². The van der Waals surface area contributed by atoms with Crippen molar-refractivity contribution in [1.82, 2.24) is 0 Å². The fourth-order valence-electron chi connectivity index (χ4n) is 7.52. The van der Waals surface area contributed by atoms with E-state index in [1.165, 1.54) is 27.4 Å². The summed E-state index contributed by atoms with van der Waals surface area (Å²) in [4.78, 5) is 0. The van der Waals surface area contributed by atoms with Crippen LogP contribution in [-0.4, -0.2) is 112 Å². The number of benzene rings is 3. The number of aliphatic hydroxyl groups is 4. The van der Waals surface area contributed by atoms with E-state index in [1.807, 2.05) is 30.3 Å². The summed E-state index contributed by atoms with van der Waals surface area (Å²) in [6.07, 6.45) is -7.05. The minimum atomic E-state index is -2.19. The zero-order valence-corrected chi connectivity index (χ0v) is 28.3. The van der Waals surface area contributed by atoms with Crippen LogP contribution in [0.4, 0.5) is 0 Å². The van der Waals surface area contributed by atoms with Crippen molar-refractivity contribution >= 4 is 0 Å². The summed E-state index contributed by atoms with van der Waals surface area (Å²) in [5.41, 5.74) is 2.90. The zero-order chi connectivity index (χ0) is 35.6. The topological polar surface area (TPSA) is 190 Å². The van der Waals surface area contributed by atoms with E-state index in [-0.39, 0.29) is 42.6 Å². The average Bonchev–Trinajstić information content (AvgIpc) is 3.52. The van der Waals surface area contributed by atoms with Gasteiger partial charge in [0.05, 0.1) is 51.6 Å². The molecule has 2 aliphatic heterocycles. The van der Waals surface area contributed by atoms with Gasteiger partial charge in [-0.25, -0.2) is 0 Å². The summed E-state index contributed by atoms with van der Waals surface area (Å²) in [5.74, 6) is -0.872. The van der Waals surface area contributed by atoms with Crippen LogP contribution in [0.1, 0.15) is 22.6 Å². The molecule has 1 saturated carbocycles. The first-order chi connectivity index (χ1) is 24.2. The maximum absolute atomic E-state index is 13.1. The van der Waals surface area contributed by atoms with Crippen LogP contribution in [0.2, 0.25) is 0 Å². The van der Waals surface area contributed by atoms with Crippen molar-refractivity contribution < 1.29 is 63.1 Å². The van der Waals surface area contributed by atoms with Crippen molar-refractivity contribution in [1.29, 1.82) is 0 Å². The van der Waals surface area contributed by atoms with Gasteiger partial charge in [-0.05, 0) is 23.3 Å². The highest BCUT2D eigenvalue weighted by Gasteiger charge is 2.78. The fourth-order valence-corrected chi connectivity index (χ4v) is 7.52. The highest BCUT2D eigenvalue weighted by Crippen LogP contribution is 2.70.